The van der Waals surface area contributed by atoms with Crippen molar-refractivity contribution in [1.82, 2.24) is 0 Å². The Morgan fingerprint density at radius 2 is 2.60 bits per heavy atom. The summed E-state index contributed by atoms with van der Waals surface area (Å²) in [5, 5.41) is 2.43. The van der Waals surface area contributed by atoms with Gasteiger partial charge < -0.3 is 0 Å². The third-order valence-electron chi connectivity index (χ3n) is 1.19. The summed E-state index contributed by atoms with van der Waals surface area (Å²) in [7, 11) is 0. The topological polar surface area (TPSA) is 17.1 Å². The minimum atomic E-state index is 0.192. The number of Topliss-reactive ketones (excluding diaryl/α,β-unsaturated/α-hetero) is 1. The summed E-state index contributed by atoms with van der Waals surface area (Å²) in [6, 6.07) is 0. The maximum Gasteiger partial charge on any atom is 0.170 e. The SMILES string of the molecule is O=C(CBr)C1=CC=CSC1. The normalized spacial score (nSPS) is 16.7. The van der Waals surface area contributed by atoms with E-state index in [0.29, 0.717) is 5.33 Å². The monoisotopic (exact) mass is 218 g/mol. The van der Waals surface area contributed by atoms with E-state index in [1.165, 1.54) is 0 Å². The molecule has 54 valence electrons. The van der Waals surface area contributed by atoms with E-state index in [2.05, 4.69) is 15.9 Å². The zero-order valence-electron chi connectivity index (χ0n) is 5.34. The second-order valence-electron chi connectivity index (χ2n) is 1.89. The van der Waals surface area contributed by atoms with Crippen LogP contribution in [0.4, 0.5) is 0 Å². The van der Waals surface area contributed by atoms with Gasteiger partial charge in [0.15, 0.2) is 5.78 Å². The molecule has 3 heteroatoms. The lowest BCUT2D eigenvalue weighted by Gasteiger charge is -2.03. The molecule has 0 atom stereocenters. The van der Waals surface area contributed by atoms with Crippen LogP contribution in [-0.2, 0) is 4.79 Å². The highest BCUT2D eigenvalue weighted by Crippen LogP contribution is 2.15. The van der Waals surface area contributed by atoms with Gasteiger partial charge in [-0.2, -0.15) is 0 Å². The second kappa shape index (κ2) is 3.98. The number of halogens is 1. The van der Waals surface area contributed by atoms with E-state index in [0.717, 1.165) is 11.3 Å². The molecule has 0 fully saturated rings. The van der Waals surface area contributed by atoms with Gasteiger partial charge in [-0.3, -0.25) is 4.79 Å². The molecule has 1 nitrogen and oxygen atoms in total. The summed E-state index contributed by atoms with van der Waals surface area (Å²) in [5.41, 5.74) is 0.907. The molecular weight excluding hydrogens is 212 g/mol. The molecule has 1 heterocycles. The fourth-order valence-electron chi connectivity index (χ4n) is 0.656. The number of hydrogen-bond donors (Lipinski definition) is 0. The largest absolute Gasteiger partial charge is 0.294 e. The molecule has 1 aliphatic rings. The van der Waals surface area contributed by atoms with Gasteiger partial charge in [0, 0.05) is 11.3 Å². The number of allylic oxidation sites excluding steroid dienone is 2. The lowest BCUT2D eigenvalue weighted by atomic mass is 10.2. The summed E-state index contributed by atoms with van der Waals surface area (Å²) in [6.07, 6.45) is 3.78. The summed E-state index contributed by atoms with van der Waals surface area (Å²) >= 11 is 4.78. The number of carbonyl (C=O) groups excluding carboxylic acids is 1. The quantitative estimate of drug-likeness (QED) is 0.662. The number of carbonyl (C=O) groups is 1. The molecule has 1 rings (SSSR count). The van der Waals surface area contributed by atoms with Crippen molar-refractivity contribution >= 4 is 33.5 Å². The average Bonchev–Trinajstić information content (AvgIpc) is 2.05. The van der Waals surface area contributed by atoms with Crippen LogP contribution in [0.15, 0.2) is 23.1 Å². The summed E-state index contributed by atoms with van der Waals surface area (Å²) in [4.78, 5) is 11.0. The van der Waals surface area contributed by atoms with Crippen LogP contribution in [0, 0.1) is 0 Å². The molecule has 0 bridgehead atoms. The average molecular weight is 219 g/mol. The van der Waals surface area contributed by atoms with E-state index in [1.807, 2.05) is 17.6 Å². The van der Waals surface area contributed by atoms with Crippen molar-refractivity contribution in [3.05, 3.63) is 23.1 Å². The number of ketones is 1. The predicted molar refractivity (Wildman–Crippen MR) is 48.5 cm³/mol. The van der Waals surface area contributed by atoms with Crippen molar-refractivity contribution in [2.45, 2.75) is 0 Å². The Balaban J connectivity index is 2.62. The second-order valence-corrected chi connectivity index (χ2v) is 3.34. The highest BCUT2D eigenvalue weighted by molar-refractivity contribution is 9.09. The Labute approximate surface area is 72.7 Å². The fraction of sp³-hybridized carbons (Fsp3) is 0.286. The van der Waals surface area contributed by atoms with Crippen molar-refractivity contribution in [3.63, 3.8) is 0 Å². The molecule has 0 unspecified atom stereocenters. The minimum Gasteiger partial charge on any atom is -0.294 e. The molecule has 0 N–H and O–H groups in total. The molecule has 0 aromatic heterocycles. The molecule has 0 aromatic rings. The van der Waals surface area contributed by atoms with Gasteiger partial charge >= 0.3 is 0 Å². The van der Waals surface area contributed by atoms with Gasteiger partial charge in [-0.15, -0.1) is 11.8 Å². The van der Waals surface area contributed by atoms with Crippen LogP contribution >= 0.6 is 27.7 Å². The van der Waals surface area contributed by atoms with Crippen molar-refractivity contribution in [3.8, 4) is 0 Å². The highest BCUT2D eigenvalue weighted by atomic mass is 79.9. The Morgan fingerprint density at radius 1 is 1.80 bits per heavy atom. The van der Waals surface area contributed by atoms with Gasteiger partial charge in [-0.1, -0.05) is 28.1 Å². The first-order chi connectivity index (χ1) is 4.84. The summed E-state index contributed by atoms with van der Waals surface area (Å²) in [5.74, 6) is 1.01. The Bertz CT molecular complexity index is 196. The van der Waals surface area contributed by atoms with Crippen molar-refractivity contribution in [1.29, 1.82) is 0 Å². The van der Waals surface area contributed by atoms with Crippen molar-refractivity contribution in [2.75, 3.05) is 11.1 Å². The maximum atomic E-state index is 11.0. The third kappa shape index (κ3) is 1.99. The van der Waals surface area contributed by atoms with Crippen LogP contribution < -0.4 is 0 Å². The van der Waals surface area contributed by atoms with E-state index in [1.54, 1.807) is 11.8 Å². The molecule has 1 aliphatic heterocycles. The van der Waals surface area contributed by atoms with Gasteiger partial charge in [0.2, 0.25) is 0 Å². The van der Waals surface area contributed by atoms with Crippen molar-refractivity contribution < 1.29 is 4.79 Å². The Morgan fingerprint density at radius 3 is 3.10 bits per heavy atom. The molecule has 0 radical (unpaired) electrons. The standard InChI is InChI=1S/C7H7BrOS/c8-4-7(9)6-2-1-3-10-5-6/h1-3H,4-5H2. The molecule has 0 saturated heterocycles. The number of rotatable bonds is 2. The van der Waals surface area contributed by atoms with Crippen LogP contribution in [0.2, 0.25) is 0 Å². The zero-order valence-corrected chi connectivity index (χ0v) is 7.74. The van der Waals surface area contributed by atoms with Crippen LogP contribution in [0.3, 0.4) is 0 Å². The molecule has 0 saturated carbocycles. The summed E-state index contributed by atoms with van der Waals surface area (Å²) < 4.78 is 0. The minimum absolute atomic E-state index is 0.192. The molecule has 0 aromatic carbocycles. The number of alkyl halides is 1. The van der Waals surface area contributed by atoms with Gasteiger partial charge in [0.1, 0.15) is 0 Å². The predicted octanol–water partition coefficient (Wildman–Crippen LogP) is 2.14. The molecule has 0 aliphatic carbocycles. The molecular formula is C7H7BrOS. The maximum absolute atomic E-state index is 11.0. The number of hydrogen-bond acceptors (Lipinski definition) is 2. The van der Waals surface area contributed by atoms with Crippen LogP contribution in [0.25, 0.3) is 0 Å². The third-order valence-corrected chi connectivity index (χ3v) is 2.53. The fourth-order valence-corrected chi connectivity index (χ4v) is 1.74. The lowest BCUT2D eigenvalue weighted by molar-refractivity contribution is -0.113. The van der Waals surface area contributed by atoms with Gasteiger partial charge in [0.25, 0.3) is 0 Å². The van der Waals surface area contributed by atoms with E-state index in [4.69, 9.17) is 0 Å². The van der Waals surface area contributed by atoms with Gasteiger partial charge in [-0.25, -0.2) is 0 Å². The highest BCUT2D eigenvalue weighted by Gasteiger charge is 2.07. The molecule has 0 spiro atoms. The first-order valence-corrected chi connectivity index (χ1v) is 5.08. The first kappa shape index (κ1) is 8.08. The molecule has 10 heavy (non-hydrogen) atoms. The lowest BCUT2D eigenvalue weighted by Crippen LogP contribution is -2.06. The Hall–Kier alpha value is -0.0200. The Kier molecular flexibility index (Phi) is 3.22. The van der Waals surface area contributed by atoms with Crippen LogP contribution in [0.1, 0.15) is 0 Å². The zero-order chi connectivity index (χ0) is 7.40. The molecule has 0 amide bonds. The first-order valence-electron chi connectivity index (χ1n) is 2.91. The van der Waals surface area contributed by atoms with Crippen LogP contribution in [-0.4, -0.2) is 16.9 Å². The van der Waals surface area contributed by atoms with Gasteiger partial charge in [0.05, 0.1) is 5.33 Å². The van der Waals surface area contributed by atoms with Crippen molar-refractivity contribution in [2.24, 2.45) is 0 Å². The van der Waals surface area contributed by atoms with E-state index in [9.17, 15) is 4.79 Å². The van der Waals surface area contributed by atoms with Crippen LogP contribution in [0.5, 0.6) is 0 Å². The van der Waals surface area contributed by atoms with E-state index in [-0.39, 0.29) is 5.78 Å². The number of thioether (sulfide) groups is 1. The van der Waals surface area contributed by atoms with E-state index >= 15 is 0 Å². The smallest absolute Gasteiger partial charge is 0.170 e. The van der Waals surface area contributed by atoms with E-state index < -0.39 is 0 Å². The van der Waals surface area contributed by atoms with Gasteiger partial charge in [-0.05, 0) is 5.41 Å². The summed E-state index contributed by atoms with van der Waals surface area (Å²) in [6.45, 7) is 0.